The van der Waals surface area contributed by atoms with E-state index in [1.54, 1.807) is 0 Å². The van der Waals surface area contributed by atoms with Gasteiger partial charge >= 0.3 is 0 Å². The van der Waals surface area contributed by atoms with E-state index < -0.39 is 23.6 Å². The molecule has 1 atom stereocenters. The Morgan fingerprint density at radius 1 is 1.05 bits per heavy atom. The van der Waals surface area contributed by atoms with Gasteiger partial charge in [-0.1, -0.05) is 29.8 Å². The van der Waals surface area contributed by atoms with Crippen molar-refractivity contribution < 1.29 is 18.3 Å². The minimum Gasteiger partial charge on any atom is -0.388 e. The maximum atomic E-state index is 13.1. The molecule has 100 valence electrons. The number of rotatable bonds is 3. The van der Waals surface area contributed by atoms with Gasteiger partial charge in [0.2, 0.25) is 0 Å². The summed E-state index contributed by atoms with van der Waals surface area (Å²) < 4.78 is 39.0. The van der Waals surface area contributed by atoms with Crippen LogP contribution in [0.15, 0.2) is 36.4 Å². The Hall–Kier alpha value is -1.81. The highest BCUT2D eigenvalue weighted by Crippen LogP contribution is 2.22. The second kappa shape index (κ2) is 5.45. The van der Waals surface area contributed by atoms with Gasteiger partial charge in [-0.3, -0.25) is 0 Å². The van der Waals surface area contributed by atoms with Crippen molar-refractivity contribution >= 4 is 0 Å². The normalized spacial score (nSPS) is 12.5. The number of benzene rings is 2. The van der Waals surface area contributed by atoms with Crippen LogP contribution in [0.5, 0.6) is 0 Å². The van der Waals surface area contributed by atoms with Crippen LogP contribution >= 0.6 is 0 Å². The smallest absolute Gasteiger partial charge is 0.194 e. The molecular weight excluding hydrogens is 253 g/mol. The lowest BCUT2D eigenvalue weighted by Gasteiger charge is -2.12. The predicted octanol–water partition coefficient (Wildman–Crippen LogP) is 3.69. The topological polar surface area (TPSA) is 20.2 Å². The lowest BCUT2D eigenvalue weighted by Crippen LogP contribution is -2.04. The molecule has 1 nitrogen and oxygen atoms in total. The Kier molecular flexibility index (Phi) is 3.90. The Labute approximate surface area is 109 Å². The van der Waals surface area contributed by atoms with Gasteiger partial charge in [0, 0.05) is 6.42 Å². The summed E-state index contributed by atoms with van der Waals surface area (Å²) in [5.41, 5.74) is 1.90. The van der Waals surface area contributed by atoms with Crippen LogP contribution in [0.2, 0.25) is 0 Å². The van der Waals surface area contributed by atoms with Gasteiger partial charge < -0.3 is 5.11 Å². The number of hydrogen-bond acceptors (Lipinski definition) is 1. The highest BCUT2D eigenvalue weighted by molar-refractivity contribution is 5.26. The molecule has 0 aliphatic rings. The minimum atomic E-state index is -1.52. The van der Waals surface area contributed by atoms with E-state index in [1.165, 1.54) is 0 Å². The summed E-state index contributed by atoms with van der Waals surface area (Å²) in [6.07, 6.45) is -0.863. The molecule has 1 N–H and O–H groups in total. The lowest BCUT2D eigenvalue weighted by molar-refractivity contribution is 0.177. The van der Waals surface area contributed by atoms with Crippen molar-refractivity contribution in [1.82, 2.24) is 0 Å². The van der Waals surface area contributed by atoms with E-state index in [1.807, 2.05) is 31.2 Å². The second-order valence-electron chi connectivity index (χ2n) is 4.51. The van der Waals surface area contributed by atoms with Crippen molar-refractivity contribution in [3.05, 3.63) is 70.5 Å². The highest BCUT2D eigenvalue weighted by Gasteiger charge is 2.16. The maximum Gasteiger partial charge on any atom is 0.194 e. The van der Waals surface area contributed by atoms with Gasteiger partial charge in [0.1, 0.15) is 0 Å². The van der Waals surface area contributed by atoms with Crippen molar-refractivity contribution in [2.45, 2.75) is 19.4 Å². The molecule has 0 saturated carbocycles. The maximum absolute atomic E-state index is 13.1. The van der Waals surface area contributed by atoms with E-state index in [-0.39, 0.29) is 12.0 Å². The Morgan fingerprint density at radius 2 is 1.68 bits per heavy atom. The molecule has 0 aliphatic heterocycles. The summed E-state index contributed by atoms with van der Waals surface area (Å²) in [4.78, 5) is 0. The van der Waals surface area contributed by atoms with Gasteiger partial charge in [0.05, 0.1) is 6.10 Å². The predicted molar refractivity (Wildman–Crippen MR) is 66.2 cm³/mol. The van der Waals surface area contributed by atoms with Crippen LogP contribution < -0.4 is 0 Å². The van der Waals surface area contributed by atoms with Gasteiger partial charge in [-0.05, 0) is 30.2 Å². The zero-order chi connectivity index (χ0) is 14.0. The lowest BCUT2D eigenvalue weighted by atomic mass is 10.00. The standard InChI is InChI=1S/C15H13F3O/c1-9-3-2-4-10(5-9)6-14(19)11-7-12(16)15(18)13(17)8-11/h2-5,7-8,14,19H,6H2,1H3. The quantitative estimate of drug-likeness (QED) is 0.840. The number of aryl methyl sites for hydroxylation is 1. The molecule has 0 heterocycles. The molecule has 2 rings (SSSR count). The monoisotopic (exact) mass is 266 g/mol. The summed E-state index contributed by atoms with van der Waals surface area (Å²) in [6.45, 7) is 1.91. The summed E-state index contributed by atoms with van der Waals surface area (Å²) in [7, 11) is 0. The molecule has 0 aliphatic carbocycles. The molecule has 0 spiro atoms. The first kappa shape index (κ1) is 13.6. The summed E-state index contributed by atoms with van der Waals surface area (Å²) in [5, 5.41) is 9.95. The first-order valence-electron chi connectivity index (χ1n) is 5.85. The van der Waals surface area contributed by atoms with Crippen molar-refractivity contribution in [2.24, 2.45) is 0 Å². The Morgan fingerprint density at radius 3 is 2.26 bits per heavy atom. The molecular formula is C15H13F3O. The third kappa shape index (κ3) is 3.15. The van der Waals surface area contributed by atoms with Crippen molar-refractivity contribution in [3.63, 3.8) is 0 Å². The molecule has 0 saturated heterocycles. The number of aliphatic hydroxyl groups excluding tert-OH is 1. The van der Waals surface area contributed by atoms with E-state index in [2.05, 4.69) is 0 Å². The van der Waals surface area contributed by atoms with Crippen LogP contribution in [0.3, 0.4) is 0 Å². The summed E-state index contributed by atoms with van der Waals surface area (Å²) in [6, 6.07) is 9.07. The molecule has 2 aromatic rings. The van der Waals surface area contributed by atoms with E-state index in [0.717, 1.165) is 23.3 Å². The molecule has 0 bridgehead atoms. The third-order valence-corrected chi connectivity index (χ3v) is 2.90. The molecule has 0 fully saturated rings. The van der Waals surface area contributed by atoms with E-state index in [0.29, 0.717) is 0 Å². The molecule has 0 radical (unpaired) electrons. The average Bonchev–Trinajstić information content (AvgIpc) is 2.35. The van der Waals surface area contributed by atoms with Crippen LogP contribution in [0.4, 0.5) is 13.2 Å². The van der Waals surface area contributed by atoms with Crippen LogP contribution in [0.1, 0.15) is 22.8 Å². The molecule has 1 unspecified atom stereocenters. The van der Waals surface area contributed by atoms with Crippen LogP contribution in [-0.2, 0) is 6.42 Å². The average molecular weight is 266 g/mol. The molecule has 0 amide bonds. The number of aliphatic hydroxyl groups is 1. The fraction of sp³-hybridized carbons (Fsp3) is 0.200. The van der Waals surface area contributed by atoms with Gasteiger partial charge in [-0.25, -0.2) is 13.2 Å². The second-order valence-corrected chi connectivity index (χ2v) is 4.51. The summed E-state index contributed by atoms with van der Waals surface area (Å²) in [5.74, 6) is -4.11. The SMILES string of the molecule is Cc1cccc(CC(O)c2cc(F)c(F)c(F)c2)c1. The fourth-order valence-electron chi connectivity index (χ4n) is 1.95. The van der Waals surface area contributed by atoms with Crippen LogP contribution in [0.25, 0.3) is 0 Å². The largest absolute Gasteiger partial charge is 0.388 e. The highest BCUT2D eigenvalue weighted by atomic mass is 19.2. The van der Waals surface area contributed by atoms with Crippen LogP contribution in [-0.4, -0.2) is 5.11 Å². The van der Waals surface area contributed by atoms with E-state index >= 15 is 0 Å². The van der Waals surface area contributed by atoms with Gasteiger partial charge in [-0.15, -0.1) is 0 Å². The van der Waals surface area contributed by atoms with E-state index in [4.69, 9.17) is 0 Å². The zero-order valence-electron chi connectivity index (χ0n) is 10.3. The van der Waals surface area contributed by atoms with Gasteiger partial charge in [0.15, 0.2) is 17.5 Å². The molecule has 19 heavy (non-hydrogen) atoms. The van der Waals surface area contributed by atoms with Crippen molar-refractivity contribution in [1.29, 1.82) is 0 Å². The van der Waals surface area contributed by atoms with Gasteiger partial charge in [-0.2, -0.15) is 0 Å². The number of halogens is 3. The van der Waals surface area contributed by atoms with Crippen molar-refractivity contribution in [3.8, 4) is 0 Å². The van der Waals surface area contributed by atoms with Gasteiger partial charge in [0.25, 0.3) is 0 Å². The van der Waals surface area contributed by atoms with E-state index in [9.17, 15) is 18.3 Å². The minimum absolute atomic E-state index is 0.0258. The molecule has 0 aromatic heterocycles. The Balaban J connectivity index is 2.23. The third-order valence-electron chi connectivity index (χ3n) is 2.90. The molecule has 4 heteroatoms. The number of hydrogen-bond donors (Lipinski definition) is 1. The first-order chi connectivity index (χ1) is 8.97. The fourth-order valence-corrected chi connectivity index (χ4v) is 1.95. The zero-order valence-corrected chi connectivity index (χ0v) is 10.3. The summed E-state index contributed by atoms with van der Waals surface area (Å²) >= 11 is 0. The first-order valence-corrected chi connectivity index (χ1v) is 5.85. The van der Waals surface area contributed by atoms with Crippen molar-refractivity contribution in [2.75, 3.05) is 0 Å². The van der Waals surface area contributed by atoms with Crippen LogP contribution in [0, 0.1) is 24.4 Å². The molecule has 2 aromatic carbocycles. The Bertz CT molecular complexity index is 573.